The molecule has 0 bridgehead atoms. The Bertz CT molecular complexity index is 463. The molecule has 0 aliphatic rings. The van der Waals surface area contributed by atoms with Gasteiger partial charge in [0.15, 0.2) is 0 Å². The second kappa shape index (κ2) is 4.84. The van der Waals surface area contributed by atoms with E-state index < -0.39 is 10.1 Å². The van der Waals surface area contributed by atoms with Crippen molar-refractivity contribution in [2.24, 2.45) is 5.92 Å². The van der Waals surface area contributed by atoms with Gasteiger partial charge < -0.3 is 9.29 Å². The molecule has 0 atom stereocenters. The molecular weight excluding hydrogens is 228 g/mol. The topological polar surface area (TPSA) is 66.4 Å². The number of hydrogen-bond donors (Lipinski definition) is 0. The van der Waals surface area contributed by atoms with Gasteiger partial charge in [0.25, 0.3) is 0 Å². The van der Waals surface area contributed by atoms with E-state index >= 15 is 0 Å². The molecule has 0 saturated heterocycles. The highest BCUT2D eigenvalue weighted by Gasteiger charge is 2.07. The van der Waals surface area contributed by atoms with Crippen molar-refractivity contribution >= 4 is 10.1 Å². The van der Waals surface area contributed by atoms with Crippen LogP contribution in [0.15, 0.2) is 23.1 Å². The van der Waals surface area contributed by atoms with Gasteiger partial charge in [0.2, 0.25) is 0 Å². The molecule has 90 valence electrons. The molecule has 0 aliphatic carbocycles. The van der Waals surface area contributed by atoms with Crippen LogP contribution in [-0.2, 0) is 10.1 Å². The van der Waals surface area contributed by atoms with Gasteiger partial charge in [0, 0.05) is 0 Å². The fraction of sp³-hybridized carbons (Fsp3) is 0.455. The Kier molecular flexibility index (Phi) is 3.93. The van der Waals surface area contributed by atoms with E-state index in [2.05, 4.69) is 0 Å². The van der Waals surface area contributed by atoms with E-state index in [0.717, 1.165) is 0 Å². The molecule has 0 N–H and O–H groups in total. The predicted octanol–water partition coefficient (Wildman–Crippen LogP) is 1.93. The maximum Gasteiger partial charge on any atom is 0.124 e. The average molecular weight is 243 g/mol. The maximum absolute atomic E-state index is 10.8. The number of rotatable bonds is 4. The standard InChI is InChI=1S/C11H16O4S/c1-8(2)7-15-10-4-5-11(9(3)6-10)16(12,13)14/h4-6,8H,7H2,1-3H3,(H,12,13,14)/p-1. The summed E-state index contributed by atoms with van der Waals surface area (Å²) in [7, 11) is -4.39. The molecule has 0 spiro atoms. The van der Waals surface area contributed by atoms with Gasteiger partial charge in [0.1, 0.15) is 15.9 Å². The smallest absolute Gasteiger partial charge is 0.124 e. The summed E-state index contributed by atoms with van der Waals surface area (Å²) in [6.07, 6.45) is 0. The van der Waals surface area contributed by atoms with Gasteiger partial charge in [-0.2, -0.15) is 0 Å². The summed E-state index contributed by atoms with van der Waals surface area (Å²) in [5.74, 6) is 0.974. The van der Waals surface area contributed by atoms with Gasteiger partial charge in [0.05, 0.1) is 11.5 Å². The highest BCUT2D eigenvalue weighted by molar-refractivity contribution is 7.85. The fourth-order valence-electron chi connectivity index (χ4n) is 1.26. The van der Waals surface area contributed by atoms with Crippen molar-refractivity contribution in [3.05, 3.63) is 23.8 Å². The SMILES string of the molecule is Cc1cc(OCC(C)C)ccc1S(=O)(=O)[O-]. The van der Waals surface area contributed by atoms with Crippen molar-refractivity contribution < 1.29 is 17.7 Å². The minimum Gasteiger partial charge on any atom is -0.744 e. The highest BCUT2D eigenvalue weighted by Crippen LogP contribution is 2.21. The highest BCUT2D eigenvalue weighted by atomic mass is 32.2. The van der Waals surface area contributed by atoms with Crippen LogP contribution in [0.4, 0.5) is 0 Å². The molecule has 0 unspecified atom stereocenters. The molecule has 5 heteroatoms. The van der Waals surface area contributed by atoms with Crippen molar-refractivity contribution in [1.29, 1.82) is 0 Å². The van der Waals surface area contributed by atoms with Crippen molar-refractivity contribution in [2.45, 2.75) is 25.7 Å². The van der Waals surface area contributed by atoms with E-state index in [1.807, 2.05) is 13.8 Å². The summed E-state index contributed by atoms with van der Waals surface area (Å²) in [4.78, 5) is -0.190. The van der Waals surface area contributed by atoms with E-state index in [1.165, 1.54) is 12.1 Å². The Morgan fingerprint density at radius 1 is 1.38 bits per heavy atom. The lowest BCUT2D eigenvalue weighted by molar-refractivity contribution is 0.270. The number of aryl methyl sites for hydroxylation is 1. The van der Waals surface area contributed by atoms with Crippen LogP contribution in [0.3, 0.4) is 0 Å². The van der Waals surface area contributed by atoms with Crippen LogP contribution < -0.4 is 4.74 Å². The van der Waals surface area contributed by atoms with Crippen LogP contribution in [0, 0.1) is 12.8 Å². The normalized spacial score (nSPS) is 11.8. The van der Waals surface area contributed by atoms with Gasteiger partial charge in [-0.3, -0.25) is 0 Å². The first-order valence-corrected chi connectivity index (χ1v) is 6.41. The van der Waals surface area contributed by atoms with Crippen molar-refractivity contribution in [1.82, 2.24) is 0 Å². The summed E-state index contributed by atoms with van der Waals surface area (Å²) >= 11 is 0. The molecule has 16 heavy (non-hydrogen) atoms. The van der Waals surface area contributed by atoms with E-state index in [-0.39, 0.29) is 4.90 Å². The van der Waals surface area contributed by atoms with Crippen LogP contribution in [0.25, 0.3) is 0 Å². The molecule has 1 aromatic rings. The molecule has 4 nitrogen and oxygen atoms in total. The third kappa shape index (κ3) is 3.50. The number of ether oxygens (including phenoxy) is 1. The lowest BCUT2D eigenvalue weighted by atomic mass is 10.2. The quantitative estimate of drug-likeness (QED) is 0.758. The summed E-state index contributed by atoms with van der Waals surface area (Å²) in [6, 6.07) is 4.35. The maximum atomic E-state index is 10.8. The lowest BCUT2D eigenvalue weighted by Gasteiger charge is -2.13. The Morgan fingerprint density at radius 3 is 2.44 bits per heavy atom. The zero-order chi connectivity index (χ0) is 12.3. The van der Waals surface area contributed by atoms with Gasteiger partial charge in [-0.15, -0.1) is 0 Å². The molecule has 0 aliphatic heterocycles. The molecule has 0 saturated carbocycles. The van der Waals surface area contributed by atoms with E-state index in [9.17, 15) is 13.0 Å². The third-order valence-electron chi connectivity index (χ3n) is 2.00. The molecule has 0 aromatic heterocycles. The van der Waals surface area contributed by atoms with E-state index in [4.69, 9.17) is 4.74 Å². The minimum atomic E-state index is -4.39. The van der Waals surface area contributed by atoms with Gasteiger partial charge >= 0.3 is 0 Å². The Hall–Kier alpha value is -1.07. The predicted molar refractivity (Wildman–Crippen MR) is 59.5 cm³/mol. The van der Waals surface area contributed by atoms with Crippen molar-refractivity contribution in [3.63, 3.8) is 0 Å². The van der Waals surface area contributed by atoms with Crippen LogP contribution in [0.2, 0.25) is 0 Å². The second-order valence-electron chi connectivity index (χ2n) is 4.09. The Morgan fingerprint density at radius 2 is 2.00 bits per heavy atom. The molecule has 0 amide bonds. The van der Waals surface area contributed by atoms with Crippen LogP contribution in [0.1, 0.15) is 19.4 Å². The zero-order valence-corrected chi connectivity index (χ0v) is 10.4. The first-order valence-electron chi connectivity index (χ1n) is 5.00. The molecule has 0 radical (unpaired) electrons. The zero-order valence-electron chi connectivity index (χ0n) is 9.56. The second-order valence-corrected chi connectivity index (χ2v) is 5.43. The molecule has 0 heterocycles. The van der Waals surface area contributed by atoms with Gasteiger partial charge in [-0.1, -0.05) is 13.8 Å². The molecule has 1 rings (SSSR count). The Labute approximate surface area is 96.0 Å². The fourth-order valence-corrected chi connectivity index (χ4v) is 1.94. The van der Waals surface area contributed by atoms with Gasteiger partial charge in [-0.25, -0.2) is 8.42 Å². The van der Waals surface area contributed by atoms with Crippen molar-refractivity contribution in [2.75, 3.05) is 6.61 Å². The largest absolute Gasteiger partial charge is 0.744 e. The summed E-state index contributed by atoms with van der Waals surface area (Å²) in [6.45, 7) is 6.17. The molecule has 1 aromatic carbocycles. The number of hydrogen-bond acceptors (Lipinski definition) is 4. The van der Waals surface area contributed by atoms with Crippen LogP contribution in [0.5, 0.6) is 5.75 Å². The first kappa shape index (κ1) is 13.0. The van der Waals surface area contributed by atoms with Crippen LogP contribution >= 0.6 is 0 Å². The molecular formula is C11H15O4S-. The van der Waals surface area contributed by atoms with Gasteiger partial charge in [-0.05, 0) is 36.6 Å². The first-order chi connectivity index (χ1) is 7.30. The Balaban J connectivity index is 2.92. The van der Waals surface area contributed by atoms with Crippen molar-refractivity contribution in [3.8, 4) is 5.75 Å². The lowest BCUT2D eigenvalue weighted by Crippen LogP contribution is -2.06. The van der Waals surface area contributed by atoms with Crippen LogP contribution in [-0.4, -0.2) is 19.6 Å². The van der Waals surface area contributed by atoms with E-state index in [1.54, 1.807) is 13.0 Å². The minimum absolute atomic E-state index is 0.190. The molecule has 0 fully saturated rings. The van der Waals surface area contributed by atoms with E-state index in [0.29, 0.717) is 23.8 Å². The third-order valence-corrected chi connectivity index (χ3v) is 3.00. The summed E-state index contributed by atoms with van der Waals surface area (Å²) in [5, 5.41) is 0. The number of benzene rings is 1. The summed E-state index contributed by atoms with van der Waals surface area (Å²) < 4.78 is 37.9. The summed E-state index contributed by atoms with van der Waals surface area (Å²) in [5.41, 5.74) is 0.413. The monoisotopic (exact) mass is 243 g/mol. The average Bonchev–Trinajstić information content (AvgIpc) is 2.12.